The monoisotopic (exact) mass is 197 g/mol. The molecule has 0 unspecified atom stereocenters. The third-order valence-electron chi connectivity index (χ3n) is 2.28. The van der Waals surface area contributed by atoms with E-state index in [4.69, 9.17) is 0 Å². The van der Waals surface area contributed by atoms with Gasteiger partial charge in [0.15, 0.2) is 0 Å². The Balaban J connectivity index is 2.36. The van der Waals surface area contributed by atoms with Gasteiger partial charge in [0.05, 0.1) is 0 Å². The first-order chi connectivity index (χ1) is 7.40. The second-order valence-corrected chi connectivity index (χ2v) is 3.32. The van der Waals surface area contributed by atoms with Crippen LogP contribution in [0.1, 0.15) is 22.3 Å². The van der Waals surface area contributed by atoms with E-state index in [1.165, 1.54) is 5.57 Å². The van der Waals surface area contributed by atoms with Gasteiger partial charge in [-0.25, -0.2) is 0 Å². The van der Waals surface area contributed by atoms with Crippen molar-refractivity contribution in [3.63, 3.8) is 0 Å². The number of hydrogen-bond acceptors (Lipinski definition) is 2. The quantitative estimate of drug-likeness (QED) is 0.670. The maximum Gasteiger partial charge on any atom is 0.150 e. The summed E-state index contributed by atoms with van der Waals surface area (Å²) in [5.74, 6) is 0. The molecule has 0 bridgehead atoms. The summed E-state index contributed by atoms with van der Waals surface area (Å²) < 4.78 is 0. The van der Waals surface area contributed by atoms with Crippen molar-refractivity contribution in [2.75, 3.05) is 0 Å². The zero-order valence-corrected chi connectivity index (χ0v) is 8.26. The summed E-state index contributed by atoms with van der Waals surface area (Å²) >= 11 is 0. The zero-order chi connectivity index (χ0) is 10.5. The highest BCUT2D eigenvalue weighted by atomic mass is 16.1. The molecule has 1 heterocycles. The van der Waals surface area contributed by atoms with Gasteiger partial charge >= 0.3 is 0 Å². The van der Waals surface area contributed by atoms with E-state index in [1.807, 2.05) is 30.4 Å². The van der Waals surface area contributed by atoms with E-state index >= 15 is 0 Å². The molecule has 0 spiro atoms. The molecule has 74 valence electrons. The van der Waals surface area contributed by atoms with E-state index in [2.05, 4.69) is 4.99 Å². The van der Waals surface area contributed by atoms with Gasteiger partial charge in [0.1, 0.15) is 6.29 Å². The predicted molar refractivity (Wildman–Crippen MR) is 62.1 cm³/mol. The molecule has 0 atom stereocenters. The van der Waals surface area contributed by atoms with Gasteiger partial charge in [0.25, 0.3) is 0 Å². The second-order valence-electron chi connectivity index (χ2n) is 3.32. The van der Waals surface area contributed by atoms with Gasteiger partial charge in [0, 0.05) is 18.0 Å². The third kappa shape index (κ3) is 2.29. The first-order valence-electron chi connectivity index (χ1n) is 4.83. The molecule has 1 aromatic rings. The van der Waals surface area contributed by atoms with Crippen molar-refractivity contribution >= 4 is 18.1 Å². The molecular formula is C13H11NO. The number of carbonyl (C=O) groups excluding carboxylic acids is 1. The van der Waals surface area contributed by atoms with E-state index in [9.17, 15) is 4.79 Å². The summed E-state index contributed by atoms with van der Waals surface area (Å²) in [6.45, 7) is 0. The average molecular weight is 197 g/mol. The molecule has 0 saturated heterocycles. The fourth-order valence-corrected chi connectivity index (χ4v) is 1.52. The fourth-order valence-electron chi connectivity index (χ4n) is 1.52. The number of nitrogens with zero attached hydrogens (tertiary/aromatic N) is 1. The lowest BCUT2D eigenvalue weighted by Gasteiger charge is -2.03. The van der Waals surface area contributed by atoms with Crippen LogP contribution in [0, 0.1) is 0 Å². The van der Waals surface area contributed by atoms with Gasteiger partial charge in [-0.1, -0.05) is 24.3 Å². The van der Waals surface area contributed by atoms with E-state index in [0.29, 0.717) is 5.56 Å². The Morgan fingerprint density at radius 2 is 2.27 bits per heavy atom. The molecule has 1 aromatic carbocycles. The lowest BCUT2D eigenvalue weighted by Crippen LogP contribution is -1.86. The number of aliphatic imine (C=N–C) groups is 1. The summed E-state index contributed by atoms with van der Waals surface area (Å²) in [6, 6.07) is 7.60. The molecule has 2 nitrogen and oxygen atoms in total. The minimum Gasteiger partial charge on any atom is -0.298 e. The van der Waals surface area contributed by atoms with Crippen LogP contribution in [0.3, 0.4) is 0 Å². The SMILES string of the molecule is O=Cc1cccc(C2=CC=NC=CC2)c1. The standard InChI is InChI=1S/C13H11NO/c15-10-11-3-1-4-13(9-11)12-5-2-7-14-8-6-12/h1-4,6-10H,5H2. The highest BCUT2D eigenvalue weighted by molar-refractivity contribution is 5.87. The van der Waals surface area contributed by atoms with Gasteiger partial charge < -0.3 is 0 Å². The van der Waals surface area contributed by atoms with Crippen molar-refractivity contribution in [3.8, 4) is 0 Å². The normalized spacial score (nSPS) is 14.5. The molecule has 1 aliphatic heterocycles. The molecule has 0 aliphatic carbocycles. The molecule has 15 heavy (non-hydrogen) atoms. The molecule has 0 saturated carbocycles. The Bertz CT molecular complexity index is 455. The smallest absolute Gasteiger partial charge is 0.150 e. The Labute approximate surface area is 88.7 Å². The second kappa shape index (κ2) is 4.51. The first kappa shape index (κ1) is 9.59. The van der Waals surface area contributed by atoms with Crippen molar-refractivity contribution < 1.29 is 4.79 Å². The van der Waals surface area contributed by atoms with Crippen LogP contribution < -0.4 is 0 Å². The number of benzene rings is 1. The largest absolute Gasteiger partial charge is 0.298 e. The third-order valence-corrected chi connectivity index (χ3v) is 2.28. The van der Waals surface area contributed by atoms with E-state index < -0.39 is 0 Å². The summed E-state index contributed by atoms with van der Waals surface area (Å²) in [4.78, 5) is 14.7. The van der Waals surface area contributed by atoms with Gasteiger partial charge in [-0.3, -0.25) is 9.79 Å². The van der Waals surface area contributed by atoms with Gasteiger partial charge in [-0.15, -0.1) is 0 Å². The highest BCUT2D eigenvalue weighted by Gasteiger charge is 2.01. The maximum absolute atomic E-state index is 10.6. The van der Waals surface area contributed by atoms with Crippen LogP contribution in [0.2, 0.25) is 0 Å². The highest BCUT2D eigenvalue weighted by Crippen LogP contribution is 2.20. The summed E-state index contributed by atoms with van der Waals surface area (Å²) in [5.41, 5.74) is 2.97. The molecule has 2 heteroatoms. The van der Waals surface area contributed by atoms with Crippen LogP contribution in [-0.2, 0) is 0 Å². The Morgan fingerprint density at radius 3 is 3.13 bits per heavy atom. The van der Waals surface area contributed by atoms with Crippen molar-refractivity contribution in [2.45, 2.75) is 6.42 Å². The Morgan fingerprint density at radius 1 is 1.33 bits per heavy atom. The molecule has 2 rings (SSSR count). The minimum atomic E-state index is 0.707. The molecule has 0 radical (unpaired) electrons. The molecule has 1 aliphatic rings. The van der Waals surface area contributed by atoms with Crippen LogP contribution in [0.4, 0.5) is 0 Å². The Hall–Kier alpha value is -1.96. The van der Waals surface area contributed by atoms with E-state index in [1.54, 1.807) is 18.5 Å². The molecule has 0 amide bonds. The fraction of sp³-hybridized carbons (Fsp3) is 0.0769. The summed E-state index contributed by atoms with van der Waals surface area (Å²) in [7, 11) is 0. The van der Waals surface area contributed by atoms with E-state index in [-0.39, 0.29) is 0 Å². The van der Waals surface area contributed by atoms with Crippen molar-refractivity contribution in [2.24, 2.45) is 4.99 Å². The van der Waals surface area contributed by atoms with Gasteiger partial charge in [0.2, 0.25) is 0 Å². The Kier molecular flexibility index (Phi) is 2.88. The molecule has 0 N–H and O–H groups in total. The van der Waals surface area contributed by atoms with E-state index in [0.717, 1.165) is 18.3 Å². The summed E-state index contributed by atoms with van der Waals surface area (Å²) in [5, 5.41) is 0. The lowest BCUT2D eigenvalue weighted by molar-refractivity contribution is 0.112. The molecular weight excluding hydrogens is 186 g/mol. The van der Waals surface area contributed by atoms with Crippen LogP contribution >= 0.6 is 0 Å². The number of rotatable bonds is 2. The van der Waals surface area contributed by atoms with Crippen molar-refractivity contribution in [1.82, 2.24) is 0 Å². The number of aldehydes is 1. The van der Waals surface area contributed by atoms with Crippen molar-refractivity contribution in [3.05, 3.63) is 53.7 Å². The number of carbonyl (C=O) groups is 1. The topological polar surface area (TPSA) is 29.4 Å². The van der Waals surface area contributed by atoms with Crippen LogP contribution in [-0.4, -0.2) is 12.5 Å². The van der Waals surface area contributed by atoms with Gasteiger partial charge in [-0.05, 0) is 29.7 Å². The summed E-state index contributed by atoms with van der Waals surface area (Å²) in [6.07, 6.45) is 9.25. The van der Waals surface area contributed by atoms with Crippen LogP contribution in [0.15, 0.2) is 47.6 Å². The average Bonchev–Trinajstić information content (AvgIpc) is 2.58. The van der Waals surface area contributed by atoms with Gasteiger partial charge in [-0.2, -0.15) is 0 Å². The van der Waals surface area contributed by atoms with Crippen molar-refractivity contribution in [1.29, 1.82) is 0 Å². The first-order valence-corrected chi connectivity index (χ1v) is 4.83. The number of allylic oxidation sites excluding steroid dienone is 3. The number of hydrogen-bond donors (Lipinski definition) is 0. The minimum absolute atomic E-state index is 0.707. The zero-order valence-electron chi connectivity index (χ0n) is 8.26. The molecule has 0 aromatic heterocycles. The lowest BCUT2D eigenvalue weighted by atomic mass is 10.0. The predicted octanol–water partition coefficient (Wildman–Crippen LogP) is 2.87. The maximum atomic E-state index is 10.6. The van der Waals surface area contributed by atoms with Crippen LogP contribution in [0.5, 0.6) is 0 Å². The molecule has 0 fully saturated rings. The van der Waals surface area contributed by atoms with Crippen LogP contribution in [0.25, 0.3) is 5.57 Å².